The predicted octanol–water partition coefficient (Wildman–Crippen LogP) is 5.97. The number of nitrogens with zero attached hydrogens (tertiary/aromatic N) is 2. The molecule has 0 aliphatic carbocycles. The molecular formula is C24H21N3. The molecule has 0 radical (unpaired) electrons. The highest BCUT2D eigenvalue weighted by atomic mass is 15.0. The molecule has 0 unspecified atom stereocenters. The number of aromatic nitrogens is 2. The maximum atomic E-state index is 4.53. The van der Waals surface area contributed by atoms with Crippen molar-refractivity contribution in [3.8, 4) is 0 Å². The molecule has 0 saturated heterocycles. The van der Waals surface area contributed by atoms with Gasteiger partial charge in [-0.3, -0.25) is 4.98 Å². The summed E-state index contributed by atoms with van der Waals surface area (Å²) in [4.78, 5) is 4.53. The topological polar surface area (TPSA) is 29.9 Å². The molecular weight excluding hydrogens is 330 g/mol. The Morgan fingerprint density at radius 1 is 0.852 bits per heavy atom. The maximum absolute atomic E-state index is 4.53. The summed E-state index contributed by atoms with van der Waals surface area (Å²) in [7, 11) is 0. The first-order valence-corrected chi connectivity index (χ1v) is 9.42. The third kappa shape index (κ3) is 2.72. The van der Waals surface area contributed by atoms with Gasteiger partial charge in [-0.15, -0.1) is 0 Å². The Kier molecular flexibility index (Phi) is 3.79. The fourth-order valence-electron chi connectivity index (χ4n) is 3.92. The van der Waals surface area contributed by atoms with Crippen LogP contribution in [0.2, 0.25) is 0 Å². The normalized spacial score (nSPS) is 11.4. The Morgan fingerprint density at radius 3 is 2.59 bits per heavy atom. The van der Waals surface area contributed by atoms with Crippen molar-refractivity contribution < 1.29 is 0 Å². The summed E-state index contributed by atoms with van der Waals surface area (Å²) in [6, 6.07) is 25.8. The summed E-state index contributed by atoms with van der Waals surface area (Å²) in [5, 5.41) is 7.32. The van der Waals surface area contributed by atoms with Crippen molar-refractivity contribution in [2.45, 2.75) is 20.0 Å². The fraction of sp³-hybridized carbons (Fsp3) is 0.125. The monoisotopic (exact) mass is 351 g/mol. The standard InChI is InChI=1S/C24H21N3/c1-2-27-23-10-6-4-8-20(23)21-13-17(11-12-24(21)27)15-25-19-14-18-7-3-5-9-22(18)26-16-19/h3-14,16,25H,2,15H2,1H3. The second kappa shape index (κ2) is 6.44. The van der Waals surface area contributed by atoms with E-state index in [2.05, 4.69) is 76.4 Å². The van der Waals surface area contributed by atoms with Gasteiger partial charge in [0, 0.05) is 40.3 Å². The average molecular weight is 351 g/mol. The van der Waals surface area contributed by atoms with Gasteiger partial charge in [-0.05, 0) is 42.8 Å². The van der Waals surface area contributed by atoms with Gasteiger partial charge in [-0.2, -0.15) is 0 Å². The first-order chi connectivity index (χ1) is 13.3. The summed E-state index contributed by atoms with van der Waals surface area (Å²) in [5.41, 5.74) is 5.95. The van der Waals surface area contributed by atoms with Crippen molar-refractivity contribution in [2.75, 3.05) is 5.32 Å². The van der Waals surface area contributed by atoms with E-state index in [4.69, 9.17) is 0 Å². The number of nitrogens with one attached hydrogen (secondary N) is 1. The van der Waals surface area contributed by atoms with E-state index in [9.17, 15) is 0 Å². The molecule has 27 heavy (non-hydrogen) atoms. The van der Waals surface area contributed by atoms with E-state index in [0.717, 1.165) is 29.7 Å². The molecule has 0 bridgehead atoms. The number of anilines is 1. The van der Waals surface area contributed by atoms with Gasteiger partial charge in [0.1, 0.15) is 0 Å². The molecule has 0 aliphatic heterocycles. The van der Waals surface area contributed by atoms with Crippen molar-refractivity contribution >= 4 is 38.4 Å². The highest BCUT2D eigenvalue weighted by Crippen LogP contribution is 2.30. The molecule has 5 rings (SSSR count). The second-order valence-electron chi connectivity index (χ2n) is 6.88. The van der Waals surface area contributed by atoms with Gasteiger partial charge in [0.05, 0.1) is 17.4 Å². The smallest absolute Gasteiger partial charge is 0.0703 e. The summed E-state index contributed by atoms with van der Waals surface area (Å²) in [5.74, 6) is 0. The van der Waals surface area contributed by atoms with Gasteiger partial charge in [-0.25, -0.2) is 0 Å². The lowest BCUT2D eigenvalue weighted by molar-refractivity contribution is 0.827. The maximum Gasteiger partial charge on any atom is 0.0703 e. The minimum atomic E-state index is 0.779. The Bertz CT molecular complexity index is 1270. The minimum Gasteiger partial charge on any atom is -0.380 e. The summed E-state index contributed by atoms with van der Waals surface area (Å²) in [6.07, 6.45) is 1.91. The van der Waals surface area contributed by atoms with E-state index in [1.165, 1.54) is 27.4 Å². The number of hydrogen-bond donors (Lipinski definition) is 1. The van der Waals surface area contributed by atoms with E-state index in [1.54, 1.807) is 0 Å². The first-order valence-electron chi connectivity index (χ1n) is 9.42. The number of benzene rings is 3. The second-order valence-corrected chi connectivity index (χ2v) is 6.88. The van der Waals surface area contributed by atoms with Crippen molar-refractivity contribution in [3.63, 3.8) is 0 Å². The zero-order valence-electron chi connectivity index (χ0n) is 15.3. The Labute approximate surface area is 158 Å². The van der Waals surface area contributed by atoms with Crippen LogP contribution < -0.4 is 5.32 Å². The van der Waals surface area contributed by atoms with E-state index < -0.39 is 0 Å². The molecule has 0 atom stereocenters. The molecule has 3 aromatic carbocycles. The number of fused-ring (bicyclic) bond motifs is 4. The van der Waals surface area contributed by atoms with Crippen molar-refractivity contribution in [3.05, 3.63) is 84.6 Å². The van der Waals surface area contributed by atoms with Crippen LogP contribution in [-0.4, -0.2) is 9.55 Å². The molecule has 0 amide bonds. The van der Waals surface area contributed by atoms with Crippen LogP contribution in [-0.2, 0) is 13.1 Å². The van der Waals surface area contributed by atoms with Gasteiger partial charge in [0.15, 0.2) is 0 Å². The largest absolute Gasteiger partial charge is 0.380 e. The average Bonchev–Trinajstić information content (AvgIpc) is 3.05. The van der Waals surface area contributed by atoms with Crippen molar-refractivity contribution in [1.29, 1.82) is 0 Å². The molecule has 0 fully saturated rings. The first kappa shape index (κ1) is 15.9. The molecule has 0 aliphatic rings. The molecule has 5 aromatic rings. The van der Waals surface area contributed by atoms with Crippen molar-refractivity contribution in [1.82, 2.24) is 9.55 Å². The van der Waals surface area contributed by atoms with E-state index in [1.807, 2.05) is 24.4 Å². The number of pyridine rings is 1. The van der Waals surface area contributed by atoms with Crippen LogP contribution in [0.1, 0.15) is 12.5 Å². The van der Waals surface area contributed by atoms with Gasteiger partial charge in [0.25, 0.3) is 0 Å². The zero-order valence-corrected chi connectivity index (χ0v) is 15.3. The Balaban J connectivity index is 1.48. The van der Waals surface area contributed by atoms with Gasteiger partial charge >= 0.3 is 0 Å². The molecule has 3 heteroatoms. The SMILES string of the molecule is CCn1c2ccccc2c2cc(CNc3cnc4ccccc4c3)ccc21. The molecule has 2 heterocycles. The lowest BCUT2D eigenvalue weighted by Crippen LogP contribution is -2.00. The third-order valence-corrected chi connectivity index (χ3v) is 5.24. The van der Waals surface area contributed by atoms with Gasteiger partial charge in [0.2, 0.25) is 0 Å². The Morgan fingerprint density at radius 2 is 1.67 bits per heavy atom. The van der Waals surface area contributed by atoms with Crippen LogP contribution >= 0.6 is 0 Å². The fourth-order valence-corrected chi connectivity index (χ4v) is 3.92. The molecule has 1 N–H and O–H groups in total. The summed E-state index contributed by atoms with van der Waals surface area (Å²) in [6.45, 7) is 3.96. The molecule has 2 aromatic heterocycles. The third-order valence-electron chi connectivity index (χ3n) is 5.24. The molecule has 0 spiro atoms. The summed E-state index contributed by atoms with van der Waals surface area (Å²) >= 11 is 0. The molecule has 3 nitrogen and oxygen atoms in total. The zero-order chi connectivity index (χ0) is 18.2. The van der Waals surface area contributed by atoms with Crippen LogP contribution in [0.3, 0.4) is 0 Å². The van der Waals surface area contributed by atoms with Crippen LogP contribution in [0, 0.1) is 0 Å². The number of rotatable bonds is 4. The quantitative estimate of drug-likeness (QED) is 0.432. The number of hydrogen-bond acceptors (Lipinski definition) is 2. The lowest BCUT2D eigenvalue weighted by Gasteiger charge is -2.08. The highest BCUT2D eigenvalue weighted by Gasteiger charge is 2.09. The Hall–Kier alpha value is -3.33. The van der Waals surface area contributed by atoms with Gasteiger partial charge in [-0.1, -0.05) is 42.5 Å². The predicted molar refractivity (Wildman–Crippen MR) is 114 cm³/mol. The van der Waals surface area contributed by atoms with E-state index in [-0.39, 0.29) is 0 Å². The van der Waals surface area contributed by atoms with Crippen LogP contribution in [0.4, 0.5) is 5.69 Å². The van der Waals surface area contributed by atoms with Crippen LogP contribution in [0.25, 0.3) is 32.7 Å². The van der Waals surface area contributed by atoms with Crippen LogP contribution in [0.15, 0.2) is 79.0 Å². The summed E-state index contributed by atoms with van der Waals surface area (Å²) < 4.78 is 2.38. The van der Waals surface area contributed by atoms with Crippen molar-refractivity contribution in [2.24, 2.45) is 0 Å². The minimum absolute atomic E-state index is 0.779. The lowest BCUT2D eigenvalue weighted by atomic mass is 10.1. The van der Waals surface area contributed by atoms with E-state index in [0.29, 0.717) is 0 Å². The van der Waals surface area contributed by atoms with E-state index >= 15 is 0 Å². The van der Waals surface area contributed by atoms with Gasteiger partial charge < -0.3 is 9.88 Å². The number of para-hydroxylation sites is 2. The number of aryl methyl sites for hydroxylation is 1. The van der Waals surface area contributed by atoms with Crippen LogP contribution in [0.5, 0.6) is 0 Å². The molecule has 132 valence electrons. The molecule has 0 saturated carbocycles. The highest BCUT2D eigenvalue weighted by molar-refractivity contribution is 6.08.